The summed E-state index contributed by atoms with van der Waals surface area (Å²) in [6.45, 7) is 1.22. The van der Waals surface area contributed by atoms with E-state index < -0.39 is 0 Å². The first-order valence-corrected chi connectivity index (χ1v) is 6.53. The summed E-state index contributed by atoms with van der Waals surface area (Å²) in [5.74, 6) is 0.403. The Balaban J connectivity index is 1.72. The molecule has 1 fully saturated rings. The van der Waals surface area contributed by atoms with Crippen LogP contribution >= 0.6 is 0 Å². The summed E-state index contributed by atoms with van der Waals surface area (Å²) in [5.41, 5.74) is 1.29. The second kappa shape index (κ2) is 5.75. The van der Waals surface area contributed by atoms with E-state index >= 15 is 0 Å². The molecule has 0 bridgehead atoms. The quantitative estimate of drug-likeness (QED) is 0.849. The Bertz CT molecular complexity index is 594. The Morgan fingerprint density at radius 3 is 2.60 bits per heavy atom. The molecule has 0 spiro atoms. The van der Waals surface area contributed by atoms with Gasteiger partial charge in [-0.1, -0.05) is 30.3 Å². The zero-order valence-electron chi connectivity index (χ0n) is 10.9. The smallest absolute Gasteiger partial charge is 0.259 e. The van der Waals surface area contributed by atoms with E-state index in [1.165, 1.54) is 0 Å². The van der Waals surface area contributed by atoms with E-state index in [4.69, 9.17) is 9.47 Å². The lowest BCUT2D eigenvalue weighted by Crippen LogP contribution is -2.14. The van der Waals surface area contributed by atoms with Crippen molar-refractivity contribution in [1.29, 1.82) is 0 Å². The predicted molar refractivity (Wildman–Crippen MR) is 76.1 cm³/mol. The van der Waals surface area contributed by atoms with Gasteiger partial charge in [-0.05, 0) is 24.3 Å². The molecule has 0 saturated carbocycles. The van der Waals surface area contributed by atoms with E-state index in [2.05, 4.69) is 5.32 Å². The van der Waals surface area contributed by atoms with E-state index in [9.17, 15) is 4.79 Å². The van der Waals surface area contributed by atoms with Gasteiger partial charge in [-0.2, -0.15) is 0 Å². The van der Waals surface area contributed by atoms with Gasteiger partial charge >= 0.3 is 0 Å². The van der Waals surface area contributed by atoms with Crippen LogP contribution in [-0.2, 0) is 4.74 Å². The average molecular weight is 269 g/mol. The molecule has 102 valence electrons. The van der Waals surface area contributed by atoms with Crippen molar-refractivity contribution in [2.75, 3.05) is 18.5 Å². The maximum absolute atomic E-state index is 12.3. The van der Waals surface area contributed by atoms with Crippen molar-refractivity contribution in [3.8, 4) is 5.75 Å². The molecule has 1 aliphatic heterocycles. The number of benzene rings is 2. The minimum Gasteiger partial charge on any atom is -0.490 e. The predicted octanol–water partition coefficient (Wildman–Crippen LogP) is 2.72. The molecule has 2 aromatic carbocycles. The summed E-state index contributed by atoms with van der Waals surface area (Å²) < 4.78 is 10.7. The van der Waals surface area contributed by atoms with Gasteiger partial charge in [0, 0.05) is 5.69 Å². The number of hydrogen-bond donors (Lipinski definition) is 1. The van der Waals surface area contributed by atoms with Crippen molar-refractivity contribution >= 4 is 11.6 Å². The number of ether oxygens (including phenoxy) is 2. The molecule has 0 radical (unpaired) electrons. The van der Waals surface area contributed by atoms with Gasteiger partial charge in [-0.25, -0.2) is 0 Å². The maximum Gasteiger partial charge on any atom is 0.259 e. The highest BCUT2D eigenvalue weighted by molar-refractivity contribution is 6.06. The minimum absolute atomic E-state index is 0.167. The van der Waals surface area contributed by atoms with Crippen LogP contribution in [0.5, 0.6) is 5.75 Å². The van der Waals surface area contributed by atoms with Crippen molar-refractivity contribution in [3.63, 3.8) is 0 Å². The zero-order chi connectivity index (χ0) is 13.8. The Labute approximate surface area is 117 Å². The number of carbonyl (C=O) groups is 1. The van der Waals surface area contributed by atoms with Gasteiger partial charge in [0.15, 0.2) is 0 Å². The lowest BCUT2D eigenvalue weighted by atomic mass is 10.2. The van der Waals surface area contributed by atoms with Crippen LogP contribution in [0.25, 0.3) is 0 Å². The normalized spacial score (nSPS) is 16.5. The standard InChI is InChI=1S/C16H15NO3/c18-16(17-12-6-2-1-3-7-12)14-8-4-5-9-15(14)20-11-13-10-19-13/h1-9,13H,10-11H2,(H,17,18)/t13-/m1/s1. The van der Waals surface area contributed by atoms with Gasteiger partial charge in [0.1, 0.15) is 18.5 Å². The third-order valence-electron chi connectivity index (χ3n) is 2.99. The topological polar surface area (TPSA) is 50.9 Å². The molecule has 20 heavy (non-hydrogen) atoms. The third kappa shape index (κ3) is 3.16. The van der Waals surface area contributed by atoms with Crippen molar-refractivity contribution in [2.24, 2.45) is 0 Å². The molecule has 0 aliphatic carbocycles. The summed E-state index contributed by atoms with van der Waals surface area (Å²) in [4.78, 5) is 12.3. The second-order valence-electron chi connectivity index (χ2n) is 4.58. The molecule has 1 N–H and O–H groups in total. The second-order valence-corrected chi connectivity index (χ2v) is 4.58. The number of carbonyl (C=O) groups excluding carboxylic acids is 1. The summed E-state index contributed by atoms with van der Waals surface area (Å²) in [6, 6.07) is 16.6. The molecule has 3 rings (SSSR count). The Morgan fingerprint density at radius 1 is 1.15 bits per heavy atom. The largest absolute Gasteiger partial charge is 0.490 e. The van der Waals surface area contributed by atoms with Crippen LogP contribution in [-0.4, -0.2) is 25.2 Å². The summed E-state index contributed by atoms with van der Waals surface area (Å²) in [7, 11) is 0. The van der Waals surface area contributed by atoms with Gasteiger partial charge in [-0.15, -0.1) is 0 Å². The number of anilines is 1. The molecule has 1 amide bonds. The first-order valence-electron chi connectivity index (χ1n) is 6.53. The monoisotopic (exact) mass is 269 g/mol. The Hall–Kier alpha value is -2.33. The molecule has 0 unspecified atom stereocenters. The van der Waals surface area contributed by atoms with E-state index in [0.717, 1.165) is 12.3 Å². The van der Waals surface area contributed by atoms with E-state index in [0.29, 0.717) is 17.9 Å². The SMILES string of the molecule is O=C(Nc1ccccc1)c1ccccc1OC[C@H]1CO1. The average Bonchev–Trinajstić information content (AvgIpc) is 3.31. The number of amides is 1. The van der Waals surface area contributed by atoms with Crippen molar-refractivity contribution in [2.45, 2.75) is 6.10 Å². The molecule has 0 aromatic heterocycles. The van der Waals surface area contributed by atoms with E-state index in [-0.39, 0.29) is 12.0 Å². The maximum atomic E-state index is 12.3. The third-order valence-corrected chi connectivity index (χ3v) is 2.99. The van der Waals surface area contributed by atoms with Gasteiger partial charge in [0.2, 0.25) is 0 Å². The fourth-order valence-corrected chi connectivity index (χ4v) is 1.85. The molecular weight excluding hydrogens is 254 g/mol. The lowest BCUT2D eigenvalue weighted by Gasteiger charge is -2.10. The fraction of sp³-hybridized carbons (Fsp3) is 0.188. The van der Waals surface area contributed by atoms with Crippen LogP contribution in [0.15, 0.2) is 54.6 Å². The fourth-order valence-electron chi connectivity index (χ4n) is 1.85. The first-order chi connectivity index (χ1) is 9.83. The van der Waals surface area contributed by atoms with E-state index in [1.807, 2.05) is 42.5 Å². The van der Waals surface area contributed by atoms with E-state index in [1.54, 1.807) is 12.1 Å². The zero-order valence-corrected chi connectivity index (χ0v) is 10.9. The van der Waals surface area contributed by atoms with Gasteiger partial charge in [-0.3, -0.25) is 4.79 Å². The molecule has 1 atom stereocenters. The van der Waals surface area contributed by atoms with Crippen LogP contribution in [0, 0.1) is 0 Å². The van der Waals surface area contributed by atoms with Crippen LogP contribution < -0.4 is 10.1 Å². The number of hydrogen-bond acceptors (Lipinski definition) is 3. The molecule has 1 aliphatic rings. The van der Waals surface area contributed by atoms with Crippen LogP contribution in [0.4, 0.5) is 5.69 Å². The number of para-hydroxylation sites is 2. The molecule has 4 nitrogen and oxygen atoms in total. The van der Waals surface area contributed by atoms with Crippen LogP contribution in [0.1, 0.15) is 10.4 Å². The van der Waals surface area contributed by atoms with Crippen molar-refractivity contribution in [1.82, 2.24) is 0 Å². The molecule has 1 heterocycles. The first kappa shape index (κ1) is 12.7. The molecule has 2 aromatic rings. The van der Waals surface area contributed by atoms with Gasteiger partial charge < -0.3 is 14.8 Å². The van der Waals surface area contributed by atoms with Crippen LogP contribution in [0.2, 0.25) is 0 Å². The van der Waals surface area contributed by atoms with Gasteiger partial charge in [0.05, 0.1) is 12.2 Å². The summed E-state index contributed by atoms with van der Waals surface area (Å²) in [5, 5.41) is 2.85. The highest BCUT2D eigenvalue weighted by Gasteiger charge is 2.24. The number of epoxide rings is 1. The summed E-state index contributed by atoms with van der Waals surface area (Å²) >= 11 is 0. The summed E-state index contributed by atoms with van der Waals surface area (Å²) in [6.07, 6.45) is 0.167. The highest BCUT2D eigenvalue weighted by Crippen LogP contribution is 2.21. The minimum atomic E-state index is -0.177. The lowest BCUT2D eigenvalue weighted by molar-refractivity contribution is 0.102. The number of rotatable bonds is 5. The van der Waals surface area contributed by atoms with Crippen molar-refractivity contribution in [3.05, 3.63) is 60.2 Å². The van der Waals surface area contributed by atoms with Crippen LogP contribution in [0.3, 0.4) is 0 Å². The molecule has 1 saturated heterocycles. The number of nitrogens with one attached hydrogen (secondary N) is 1. The molecule has 4 heteroatoms. The highest BCUT2D eigenvalue weighted by atomic mass is 16.6. The molecular formula is C16H15NO3. The van der Waals surface area contributed by atoms with Crippen molar-refractivity contribution < 1.29 is 14.3 Å². The van der Waals surface area contributed by atoms with Gasteiger partial charge in [0.25, 0.3) is 5.91 Å². The Kier molecular flexibility index (Phi) is 3.65. The Morgan fingerprint density at radius 2 is 1.85 bits per heavy atom.